The van der Waals surface area contributed by atoms with Crippen molar-refractivity contribution in [3.05, 3.63) is 53.3 Å². The SMILES string of the molecule is Nc1cc(C(=O)O)c(F)cc1Nc1cccc(F)c1F. The molecule has 4 nitrogen and oxygen atoms in total. The van der Waals surface area contributed by atoms with Crippen molar-refractivity contribution in [3.63, 3.8) is 0 Å². The molecule has 2 aromatic rings. The van der Waals surface area contributed by atoms with Crippen LogP contribution in [0.5, 0.6) is 0 Å². The Morgan fingerprint density at radius 3 is 2.45 bits per heavy atom. The van der Waals surface area contributed by atoms with Crippen molar-refractivity contribution in [1.82, 2.24) is 0 Å². The molecule has 0 atom stereocenters. The van der Waals surface area contributed by atoms with Crippen molar-refractivity contribution in [2.75, 3.05) is 11.1 Å². The summed E-state index contributed by atoms with van der Waals surface area (Å²) in [7, 11) is 0. The number of benzene rings is 2. The quantitative estimate of drug-likeness (QED) is 0.756. The van der Waals surface area contributed by atoms with Crippen molar-refractivity contribution >= 4 is 23.0 Å². The van der Waals surface area contributed by atoms with Crippen LogP contribution >= 0.6 is 0 Å². The fourth-order valence-electron chi connectivity index (χ4n) is 1.61. The fourth-order valence-corrected chi connectivity index (χ4v) is 1.61. The topological polar surface area (TPSA) is 75.4 Å². The smallest absolute Gasteiger partial charge is 0.338 e. The summed E-state index contributed by atoms with van der Waals surface area (Å²) in [5.41, 5.74) is 4.55. The van der Waals surface area contributed by atoms with Gasteiger partial charge in [0, 0.05) is 6.07 Å². The number of anilines is 3. The molecule has 4 N–H and O–H groups in total. The lowest BCUT2D eigenvalue weighted by Gasteiger charge is -2.11. The molecule has 0 fully saturated rings. The molecule has 0 saturated carbocycles. The Balaban J connectivity index is 2.42. The summed E-state index contributed by atoms with van der Waals surface area (Å²) in [6.45, 7) is 0. The minimum Gasteiger partial charge on any atom is -0.478 e. The van der Waals surface area contributed by atoms with E-state index in [1.807, 2.05) is 0 Å². The molecular formula is C13H9F3N2O2. The van der Waals surface area contributed by atoms with Crippen LogP contribution in [-0.2, 0) is 0 Å². The zero-order chi connectivity index (χ0) is 14.9. The van der Waals surface area contributed by atoms with E-state index in [0.29, 0.717) is 0 Å². The largest absolute Gasteiger partial charge is 0.478 e. The van der Waals surface area contributed by atoms with Gasteiger partial charge in [-0.15, -0.1) is 0 Å². The summed E-state index contributed by atoms with van der Waals surface area (Å²) >= 11 is 0. The molecular weight excluding hydrogens is 273 g/mol. The maximum Gasteiger partial charge on any atom is 0.338 e. The Labute approximate surface area is 111 Å². The second kappa shape index (κ2) is 5.12. The number of nitrogens with two attached hydrogens (primary N) is 1. The number of carboxylic acids is 1. The highest BCUT2D eigenvalue weighted by Gasteiger charge is 2.15. The number of rotatable bonds is 3. The zero-order valence-electron chi connectivity index (χ0n) is 9.95. The third kappa shape index (κ3) is 2.51. The van der Waals surface area contributed by atoms with Crippen molar-refractivity contribution < 1.29 is 23.1 Å². The van der Waals surface area contributed by atoms with Gasteiger partial charge in [0.05, 0.1) is 22.6 Å². The maximum absolute atomic E-state index is 13.5. The normalized spacial score (nSPS) is 10.3. The van der Waals surface area contributed by atoms with Gasteiger partial charge in [0.2, 0.25) is 0 Å². The first kappa shape index (κ1) is 13.7. The number of aromatic carboxylic acids is 1. The van der Waals surface area contributed by atoms with E-state index in [9.17, 15) is 18.0 Å². The average Bonchev–Trinajstić information content (AvgIpc) is 2.38. The average molecular weight is 282 g/mol. The van der Waals surface area contributed by atoms with Crippen LogP contribution in [0.2, 0.25) is 0 Å². The molecule has 0 unspecified atom stereocenters. The number of halogens is 3. The van der Waals surface area contributed by atoms with Gasteiger partial charge in [-0.1, -0.05) is 6.07 Å². The summed E-state index contributed by atoms with van der Waals surface area (Å²) in [5.74, 6) is -4.73. The first-order valence-corrected chi connectivity index (χ1v) is 5.43. The molecule has 0 aliphatic carbocycles. The molecule has 104 valence electrons. The molecule has 20 heavy (non-hydrogen) atoms. The first-order chi connectivity index (χ1) is 9.40. The zero-order valence-corrected chi connectivity index (χ0v) is 9.95. The molecule has 2 aromatic carbocycles. The Hall–Kier alpha value is -2.70. The van der Waals surface area contributed by atoms with Crippen molar-refractivity contribution in [2.45, 2.75) is 0 Å². The number of hydrogen-bond acceptors (Lipinski definition) is 3. The standard InChI is InChI=1S/C13H9F3N2O2/c14-7-2-1-3-10(12(7)16)18-11-5-8(15)6(13(19)20)4-9(11)17/h1-5,18H,17H2,(H,19,20). The highest BCUT2D eigenvalue weighted by atomic mass is 19.2. The third-order valence-electron chi connectivity index (χ3n) is 2.59. The molecule has 0 spiro atoms. The maximum atomic E-state index is 13.5. The van der Waals surface area contributed by atoms with Crippen LogP contribution in [0.25, 0.3) is 0 Å². The van der Waals surface area contributed by atoms with Crippen LogP contribution in [0.15, 0.2) is 30.3 Å². The van der Waals surface area contributed by atoms with Crippen molar-refractivity contribution in [3.8, 4) is 0 Å². The van der Waals surface area contributed by atoms with Crippen LogP contribution in [0.4, 0.5) is 30.2 Å². The van der Waals surface area contributed by atoms with Crippen LogP contribution in [0.3, 0.4) is 0 Å². The van der Waals surface area contributed by atoms with Crippen molar-refractivity contribution in [1.29, 1.82) is 0 Å². The molecule has 7 heteroatoms. The molecule has 0 aliphatic rings. The predicted molar refractivity (Wildman–Crippen MR) is 67.4 cm³/mol. The van der Waals surface area contributed by atoms with Gasteiger partial charge < -0.3 is 16.2 Å². The van der Waals surface area contributed by atoms with Crippen LogP contribution in [0, 0.1) is 17.5 Å². The molecule has 0 saturated heterocycles. The number of carbonyl (C=O) groups is 1. The third-order valence-corrected chi connectivity index (χ3v) is 2.59. The van der Waals surface area contributed by atoms with E-state index in [4.69, 9.17) is 10.8 Å². The fraction of sp³-hybridized carbons (Fsp3) is 0. The van der Waals surface area contributed by atoms with Gasteiger partial charge in [-0.05, 0) is 18.2 Å². The van der Waals surface area contributed by atoms with Crippen LogP contribution in [-0.4, -0.2) is 11.1 Å². The lowest BCUT2D eigenvalue weighted by atomic mass is 10.1. The summed E-state index contributed by atoms with van der Waals surface area (Å²) in [4.78, 5) is 10.7. The number of nitrogen functional groups attached to an aromatic ring is 1. The van der Waals surface area contributed by atoms with Gasteiger partial charge in [0.25, 0.3) is 0 Å². The van der Waals surface area contributed by atoms with Gasteiger partial charge in [0.1, 0.15) is 5.82 Å². The molecule has 0 heterocycles. The minimum absolute atomic E-state index is 0.0583. The van der Waals surface area contributed by atoms with E-state index >= 15 is 0 Å². The summed E-state index contributed by atoms with van der Waals surface area (Å²) in [6, 6.07) is 5.14. The second-order valence-corrected chi connectivity index (χ2v) is 3.95. The molecule has 0 aromatic heterocycles. The number of hydrogen-bond donors (Lipinski definition) is 3. The summed E-state index contributed by atoms with van der Waals surface area (Å²) in [5, 5.41) is 11.1. The second-order valence-electron chi connectivity index (χ2n) is 3.95. The van der Waals surface area contributed by atoms with E-state index in [-0.39, 0.29) is 17.1 Å². The lowest BCUT2D eigenvalue weighted by Crippen LogP contribution is -2.05. The van der Waals surface area contributed by atoms with E-state index in [1.165, 1.54) is 12.1 Å². The van der Waals surface area contributed by atoms with Gasteiger partial charge in [-0.2, -0.15) is 0 Å². The first-order valence-electron chi connectivity index (χ1n) is 5.43. The van der Waals surface area contributed by atoms with E-state index in [0.717, 1.165) is 18.2 Å². The Morgan fingerprint density at radius 2 is 1.80 bits per heavy atom. The molecule has 2 rings (SSSR count). The monoisotopic (exact) mass is 282 g/mol. The lowest BCUT2D eigenvalue weighted by molar-refractivity contribution is 0.0692. The van der Waals surface area contributed by atoms with Gasteiger partial charge >= 0.3 is 5.97 Å². The summed E-state index contributed by atoms with van der Waals surface area (Å²) in [6.07, 6.45) is 0. The Morgan fingerprint density at radius 1 is 1.10 bits per heavy atom. The molecule has 0 aliphatic heterocycles. The van der Waals surface area contributed by atoms with Gasteiger partial charge in [-0.25, -0.2) is 18.0 Å². The predicted octanol–water partition coefficient (Wildman–Crippen LogP) is 3.13. The Bertz CT molecular complexity index is 690. The van der Waals surface area contributed by atoms with Crippen LogP contribution < -0.4 is 11.1 Å². The highest BCUT2D eigenvalue weighted by molar-refractivity contribution is 5.91. The van der Waals surface area contributed by atoms with E-state index in [1.54, 1.807) is 0 Å². The number of nitrogens with one attached hydrogen (secondary N) is 1. The highest BCUT2D eigenvalue weighted by Crippen LogP contribution is 2.28. The van der Waals surface area contributed by atoms with Crippen molar-refractivity contribution in [2.24, 2.45) is 0 Å². The molecule has 0 bridgehead atoms. The van der Waals surface area contributed by atoms with E-state index < -0.39 is 29.0 Å². The minimum atomic E-state index is -1.47. The number of carboxylic acid groups (broad SMARTS) is 1. The molecule has 0 radical (unpaired) electrons. The van der Waals surface area contributed by atoms with Gasteiger partial charge in [0.15, 0.2) is 11.6 Å². The van der Waals surface area contributed by atoms with E-state index in [2.05, 4.69) is 5.32 Å². The summed E-state index contributed by atoms with van der Waals surface area (Å²) < 4.78 is 40.0. The van der Waals surface area contributed by atoms with Gasteiger partial charge in [-0.3, -0.25) is 0 Å². The van der Waals surface area contributed by atoms with Crippen LogP contribution in [0.1, 0.15) is 10.4 Å². The molecule has 0 amide bonds. The Kier molecular flexibility index (Phi) is 3.51.